The van der Waals surface area contributed by atoms with Gasteiger partial charge >= 0.3 is 5.69 Å². The molecule has 2 heterocycles. The van der Waals surface area contributed by atoms with Crippen molar-refractivity contribution in [1.82, 2.24) is 18.7 Å². The van der Waals surface area contributed by atoms with Gasteiger partial charge in [-0.25, -0.2) is 9.78 Å². The first-order chi connectivity index (χ1) is 14.1. The summed E-state index contributed by atoms with van der Waals surface area (Å²) >= 11 is 0. The molecule has 1 aromatic carbocycles. The van der Waals surface area contributed by atoms with Crippen LogP contribution in [0.1, 0.15) is 38.9 Å². The van der Waals surface area contributed by atoms with Crippen LogP contribution in [-0.2, 0) is 26.2 Å². The second-order valence-electron chi connectivity index (χ2n) is 6.92. The van der Waals surface area contributed by atoms with Crippen LogP contribution in [0.3, 0.4) is 0 Å². The summed E-state index contributed by atoms with van der Waals surface area (Å²) < 4.78 is 10.2. The number of rotatable bonds is 10. The van der Waals surface area contributed by atoms with Crippen molar-refractivity contribution in [3.8, 4) is 5.75 Å². The fourth-order valence-corrected chi connectivity index (χ4v) is 3.41. The predicted molar refractivity (Wildman–Crippen MR) is 111 cm³/mol. The maximum absolute atomic E-state index is 13.2. The van der Waals surface area contributed by atoms with Crippen molar-refractivity contribution in [1.29, 1.82) is 0 Å². The number of fused-ring (bicyclic) bond motifs is 1. The number of aliphatic hydroxyl groups is 1. The van der Waals surface area contributed by atoms with E-state index < -0.39 is 11.2 Å². The molecule has 1 N–H and O–H groups in total. The van der Waals surface area contributed by atoms with Crippen molar-refractivity contribution >= 4 is 11.2 Å². The minimum Gasteiger partial charge on any atom is -0.492 e. The monoisotopic (exact) mass is 400 g/mol. The number of hydrogen-bond acceptors (Lipinski definition) is 5. The van der Waals surface area contributed by atoms with Crippen LogP contribution >= 0.6 is 0 Å². The lowest BCUT2D eigenvalue weighted by Crippen LogP contribution is -2.41. The van der Waals surface area contributed by atoms with Crippen LogP contribution in [0.4, 0.5) is 0 Å². The highest BCUT2D eigenvalue weighted by Gasteiger charge is 2.20. The number of imidazole rings is 1. The number of unbranched alkanes of at least 4 members (excludes halogenated alkanes) is 1. The van der Waals surface area contributed by atoms with Gasteiger partial charge in [-0.15, -0.1) is 0 Å². The number of aromatic nitrogens is 4. The van der Waals surface area contributed by atoms with Gasteiger partial charge in [0.15, 0.2) is 11.2 Å². The molecular formula is C21H28N4O4. The van der Waals surface area contributed by atoms with Crippen molar-refractivity contribution in [3.63, 3.8) is 0 Å². The Kier molecular flexibility index (Phi) is 6.87. The van der Waals surface area contributed by atoms with Crippen LogP contribution < -0.4 is 16.0 Å². The average molecular weight is 400 g/mol. The van der Waals surface area contributed by atoms with E-state index in [-0.39, 0.29) is 19.8 Å². The van der Waals surface area contributed by atoms with E-state index in [1.165, 1.54) is 4.57 Å². The number of nitrogens with zero attached hydrogens (tertiary/aromatic N) is 4. The highest BCUT2D eigenvalue weighted by molar-refractivity contribution is 5.71. The zero-order valence-corrected chi connectivity index (χ0v) is 17.0. The van der Waals surface area contributed by atoms with Gasteiger partial charge in [-0.1, -0.05) is 38.5 Å². The molecule has 3 rings (SSSR count). The number of ether oxygens (including phenoxy) is 1. The second-order valence-corrected chi connectivity index (χ2v) is 6.92. The minimum atomic E-state index is -0.393. The zero-order chi connectivity index (χ0) is 20.8. The molecule has 0 amide bonds. The van der Waals surface area contributed by atoms with Crippen LogP contribution in [0.2, 0.25) is 0 Å². The molecule has 156 valence electrons. The molecule has 0 spiro atoms. The minimum absolute atomic E-state index is 0.139. The van der Waals surface area contributed by atoms with Crippen molar-refractivity contribution < 1.29 is 9.84 Å². The van der Waals surface area contributed by atoms with Gasteiger partial charge in [0.1, 0.15) is 24.8 Å². The average Bonchev–Trinajstić information content (AvgIpc) is 3.10. The Morgan fingerprint density at radius 2 is 1.72 bits per heavy atom. The molecule has 0 saturated carbocycles. The van der Waals surface area contributed by atoms with Crippen molar-refractivity contribution in [2.75, 3.05) is 6.61 Å². The molecule has 3 aromatic rings. The molecule has 0 aliphatic carbocycles. The molecular weight excluding hydrogens is 372 g/mol. The zero-order valence-electron chi connectivity index (χ0n) is 17.0. The number of aliphatic hydroxyl groups excluding tert-OH is 1. The van der Waals surface area contributed by atoms with Gasteiger partial charge in [0.2, 0.25) is 0 Å². The summed E-state index contributed by atoms with van der Waals surface area (Å²) in [6.45, 7) is 5.11. The summed E-state index contributed by atoms with van der Waals surface area (Å²) in [7, 11) is 0. The predicted octanol–water partition coefficient (Wildman–Crippen LogP) is 2.14. The summed E-state index contributed by atoms with van der Waals surface area (Å²) in [4.78, 5) is 30.7. The lowest BCUT2D eigenvalue weighted by atomic mass is 10.3. The third-order valence-electron chi connectivity index (χ3n) is 4.84. The van der Waals surface area contributed by atoms with Crippen LogP contribution in [0, 0.1) is 0 Å². The first-order valence-electron chi connectivity index (χ1n) is 10.1. The Morgan fingerprint density at radius 3 is 2.38 bits per heavy atom. The van der Waals surface area contributed by atoms with E-state index in [9.17, 15) is 14.7 Å². The topological polar surface area (TPSA) is 91.3 Å². The van der Waals surface area contributed by atoms with Crippen molar-refractivity contribution in [3.05, 3.63) is 57.0 Å². The SMILES string of the molecule is CCCCn1c(=O)n(CCOc2ccccc2)c(=O)c2c1nc(CO)n2CCC. The van der Waals surface area contributed by atoms with Crippen molar-refractivity contribution in [2.45, 2.75) is 59.4 Å². The van der Waals surface area contributed by atoms with Crippen LogP contribution in [0.25, 0.3) is 11.2 Å². The normalized spacial score (nSPS) is 11.3. The highest BCUT2D eigenvalue weighted by Crippen LogP contribution is 2.14. The van der Waals surface area contributed by atoms with Gasteiger partial charge in [-0.05, 0) is 25.0 Å². The van der Waals surface area contributed by atoms with E-state index in [2.05, 4.69) is 4.98 Å². The van der Waals surface area contributed by atoms with Gasteiger partial charge in [0.25, 0.3) is 5.56 Å². The maximum Gasteiger partial charge on any atom is 0.332 e. The number of benzene rings is 1. The van der Waals surface area contributed by atoms with E-state index in [0.29, 0.717) is 35.8 Å². The third-order valence-corrected chi connectivity index (χ3v) is 4.84. The van der Waals surface area contributed by atoms with Crippen LogP contribution in [-0.4, -0.2) is 30.4 Å². The van der Waals surface area contributed by atoms with Gasteiger partial charge in [-0.2, -0.15) is 0 Å². The quantitative estimate of drug-likeness (QED) is 0.563. The molecule has 0 bridgehead atoms. The van der Waals surface area contributed by atoms with Gasteiger partial charge < -0.3 is 14.4 Å². The molecule has 0 atom stereocenters. The first kappa shape index (κ1) is 20.9. The maximum atomic E-state index is 13.2. The van der Waals surface area contributed by atoms with E-state index in [1.54, 1.807) is 9.13 Å². The van der Waals surface area contributed by atoms with Crippen LogP contribution in [0.15, 0.2) is 39.9 Å². The Morgan fingerprint density at radius 1 is 0.966 bits per heavy atom. The smallest absolute Gasteiger partial charge is 0.332 e. The summed E-state index contributed by atoms with van der Waals surface area (Å²) in [6, 6.07) is 9.28. The molecule has 8 heteroatoms. The Bertz CT molecular complexity index is 1070. The van der Waals surface area contributed by atoms with Gasteiger partial charge in [0, 0.05) is 13.1 Å². The molecule has 0 radical (unpaired) electrons. The summed E-state index contributed by atoms with van der Waals surface area (Å²) in [5, 5.41) is 9.71. The van der Waals surface area contributed by atoms with Gasteiger partial charge in [0.05, 0.1) is 6.54 Å². The first-order valence-corrected chi connectivity index (χ1v) is 10.1. The third kappa shape index (κ3) is 4.27. The van der Waals surface area contributed by atoms with E-state index in [0.717, 1.165) is 19.3 Å². The fourth-order valence-electron chi connectivity index (χ4n) is 3.41. The van der Waals surface area contributed by atoms with E-state index in [4.69, 9.17) is 4.74 Å². The summed E-state index contributed by atoms with van der Waals surface area (Å²) in [5.41, 5.74) is -0.0641. The van der Waals surface area contributed by atoms with Gasteiger partial charge in [-0.3, -0.25) is 13.9 Å². The molecule has 29 heavy (non-hydrogen) atoms. The molecule has 0 saturated heterocycles. The van der Waals surface area contributed by atoms with E-state index in [1.807, 2.05) is 44.2 Å². The Hall–Kier alpha value is -2.87. The largest absolute Gasteiger partial charge is 0.492 e. The molecule has 0 aliphatic rings. The molecule has 2 aromatic heterocycles. The number of para-hydroxylation sites is 1. The highest BCUT2D eigenvalue weighted by atomic mass is 16.5. The van der Waals surface area contributed by atoms with E-state index >= 15 is 0 Å². The number of aryl methyl sites for hydroxylation is 2. The molecule has 8 nitrogen and oxygen atoms in total. The summed E-state index contributed by atoms with van der Waals surface area (Å²) in [6.07, 6.45) is 2.48. The number of hydrogen-bond donors (Lipinski definition) is 1. The molecule has 0 unspecified atom stereocenters. The fraction of sp³-hybridized carbons (Fsp3) is 0.476. The Balaban J connectivity index is 2.06. The summed E-state index contributed by atoms with van der Waals surface area (Å²) in [5.74, 6) is 1.09. The lowest BCUT2D eigenvalue weighted by molar-refractivity contribution is 0.265. The van der Waals surface area contributed by atoms with Crippen molar-refractivity contribution in [2.24, 2.45) is 0 Å². The Labute approximate surface area is 169 Å². The second kappa shape index (κ2) is 9.56. The molecule has 0 aliphatic heterocycles. The lowest BCUT2D eigenvalue weighted by Gasteiger charge is -2.13. The standard InChI is InChI=1S/C21H28N4O4/c1-3-5-12-24-19-18(23(11-4-2)17(15-26)22-19)20(27)25(21(24)28)13-14-29-16-9-7-6-8-10-16/h6-10,26H,3-5,11-15H2,1-2H3. The molecule has 0 fully saturated rings. The van der Waals surface area contributed by atoms with Crippen LogP contribution in [0.5, 0.6) is 5.75 Å².